The van der Waals surface area contributed by atoms with Crippen LogP contribution in [0.2, 0.25) is 0 Å². The number of sulfonamides is 1. The summed E-state index contributed by atoms with van der Waals surface area (Å²) < 4.78 is 21.3. The van der Waals surface area contributed by atoms with Crippen molar-refractivity contribution >= 4 is 10.0 Å². The van der Waals surface area contributed by atoms with Crippen molar-refractivity contribution in [1.29, 1.82) is 0 Å². The van der Waals surface area contributed by atoms with Gasteiger partial charge in [-0.05, 0) is 12.8 Å². The van der Waals surface area contributed by atoms with Crippen molar-refractivity contribution < 1.29 is 8.42 Å². The Labute approximate surface area is 62.0 Å². The molecule has 0 radical (unpaired) electrons. The van der Waals surface area contributed by atoms with Crippen LogP contribution < -0.4 is 5.14 Å². The highest BCUT2D eigenvalue weighted by molar-refractivity contribution is 7.89. The van der Waals surface area contributed by atoms with Crippen LogP contribution in [0.5, 0.6) is 0 Å². The highest BCUT2D eigenvalue weighted by atomic mass is 32.2. The highest BCUT2D eigenvalue weighted by Crippen LogP contribution is 2.09. The van der Waals surface area contributed by atoms with Gasteiger partial charge in [0.1, 0.15) is 0 Å². The van der Waals surface area contributed by atoms with E-state index in [1.54, 1.807) is 19.9 Å². The predicted molar refractivity (Wildman–Crippen MR) is 41.9 cm³/mol. The lowest BCUT2D eigenvalue weighted by atomic mass is 10.1. The van der Waals surface area contributed by atoms with Crippen LogP contribution >= 0.6 is 0 Å². The first-order valence-corrected chi connectivity index (χ1v) is 4.64. The number of nitrogens with two attached hydrogens (primary N) is 1. The van der Waals surface area contributed by atoms with Crippen molar-refractivity contribution in [2.45, 2.75) is 19.1 Å². The first-order chi connectivity index (χ1) is 4.39. The van der Waals surface area contributed by atoms with Crippen LogP contribution in [0.4, 0.5) is 0 Å². The second-order valence-electron chi connectivity index (χ2n) is 2.39. The quantitative estimate of drug-likeness (QED) is 0.615. The van der Waals surface area contributed by atoms with Crippen LogP contribution in [-0.4, -0.2) is 13.7 Å². The standard InChI is InChI=1S/C6H13NO2S/c1-4-5(2)6(3)10(7,8)9/h4-6H,1H2,2-3H3,(H2,7,8,9)/t5-,6+/m1/s1. The maximum Gasteiger partial charge on any atom is 0.212 e. The Bertz CT molecular complexity index is 208. The molecular weight excluding hydrogens is 150 g/mol. The molecule has 2 N–H and O–H groups in total. The lowest BCUT2D eigenvalue weighted by molar-refractivity contribution is 0.565. The van der Waals surface area contributed by atoms with Crippen LogP contribution in [0.25, 0.3) is 0 Å². The molecule has 2 atom stereocenters. The van der Waals surface area contributed by atoms with Gasteiger partial charge in [-0.2, -0.15) is 0 Å². The summed E-state index contributed by atoms with van der Waals surface area (Å²) in [4.78, 5) is 0. The van der Waals surface area contributed by atoms with Gasteiger partial charge in [-0.25, -0.2) is 13.6 Å². The van der Waals surface area contributed by atoms with Gasteiger partial charge in [0, 0.05) is 0 Å². The second kappa shape index (κ2) is 3.16. The van der Waals surface area contributed by atoms with Crippen molar-refractivity contribution in [3.63, 3.8) is 0 Å². The van der Waals surface area contributed by atoms with E-state index in [-0.39, 0.29) is 5.92 Å². The molecule has 0 saturated heterocycles. The minimum Gasteiger partial charge on any atom is -0.228 e. The number of hydrogen-bond acceptors (Lipinski definition) is 2. The zero-order valence-electron chi connectivity index (χ0n) is 6.24. The van der Waals surface area contributed by atoms with Crippen LogP contribution in [0.1, 0.15) is 13.8 Å². The van der Waals surface area contributed by atoms with E-state index >= 15 is 0 Å². The molecule has 0 aromatic carbocycles. The van der Waals surface area contributed by atoms with E-state index in [1.807, 2.05) is 0 Å². The molecule has 0 aromatic heterocycles. The largest absolute Gasteiger partial charge is 0.228 e. The third kappa shape index (κ3) is 2.49. The van der Waals surface area contributed by atoms with E-state index in [1.165, 1.54) is 0 Å². The molecule has 0 amide bonds. The maximum absolute atomic E-state index is 10.7. The fourth-order valence-electron chi connectivity index (χ4n) is 0.491. The van der Waals surface area contributed by atoms with Gasteiger partial charge in [-0.15, -0.1) is 6.58 Å². The minimum atomic E-state index is -3.39. The van der Waals surface area contributed by atoms with Crippen molar-refractivity contribution in [2.24, 2.45) is 11.1 Å². The normalized spacial score (nSPS) is 17.9. The molecule has 0 aliphatic rings. The third-order valence-corrected chi connectivity index (χ3v) is 3.10. The zero-order valence-corrected chi connectivity index (χ0v) is 7.06. The molecule has 0 aliphatic carbocycles. The Morgan fingerprint density at radius 3 is 2.00 bits per heavy atom. The molecule has 10 heavy (non-hydrogen) atoms. The van der Waals surface area contributed by atoms with E-state index in [4.69, 9.17) is 5.14 Å². The van der Waals surface area contributed by atoms with Crippen LogP contribution in [-0.2, 0) is 10.0 Å². The molecule has 60 valence electrons. The first-order valence-electron chi connectivity index (χ1n) is 3.03. The van der Waals surface area contributed by atoms with Crippen molar-refractivity contribution in [2.75, 3.05) is 0 Å². The van der Waals surface area contributed by atoms with E-state index in [0.29, 0.717) is 0 Å². The summed E-state index contributed by atoms with van der Waals surface area (Å²) in [6.45, 7) is 6.81. The average molecular weight is 163 g/mol. The van der Waals surface area contributed by atoms with Crippen molar-refractivity contribution in [3.8, 4) is 0 Å². The van der Waals surface area contributed by atoms with Gasteiger partial charge in [0.2, 0.25) is 10.0 Å². The maximum atomic E-state index is 10.7. The molecule has 0 saturated carbocycles. The summed E-state index contributed by atoms with van der Waals surface area (Å²) in [7, 11) is -3.39. The molecule has 0 heterocycles. The molecule has 3 nitrogen and oxygen atoms in total. The monoisotopic (exact) mass is 163 g/mol. The zero-order chi connectivity index (χ0) is 8.36. The summed E-state index contributed by atoms with van der Waals surface area (Å²) in [6, 6.07) is 0. The summed E-state index contributed by atoms with van der Waals surface area (Å²) in [6.07, 6.45) is 1.58. The Morgan fingerprint density at radius 2 is 1.90 bits per heavy atom. The lowest BCUT2D eigenvalue weighted by Crippen LogP contribution is -2.30. The number of allylic oxidation sites excluding steroid dienone is 1. The molecule has 0 spiro atoms. The number of primary sulfonamides is 1. The molecule has 0 fully saturated rings. The fraction of sp³-hybridized carbons (Fsp3) is 0.667. The molecular formula is C6H13NO2S. The van der Waals surface area contributed by atoms with Crippen LogP contribution in [0, 0.1) is 5.92 Å². The Balaban J connectivity index is 4.37. The SMILES string of the molecule is C=C[C@@H](C)[C@H](C)S(N)(=O)=O. The fourth-order valence-corrected chi connectivity index (χ4v) is 1.20. The molecule has 0 unspecified atom stereocenters. The van der Waals surface area contributed by atoms with Crippen LogP contribution in [0.3, 0.4) is 0 Å². The van der Waals surface area contributed by atoms with Gasteiger partial charge < -0.3 is 0 Å². The summed E-state index contributed by atoms with van der Waals surface area (Å²) >= 11 is 0. The third-order valence-electron chi connectivity index (χ3n) is 1.63. The smallest absolute Gasteiger partial charge is 0.212 e. The van der Waals surface area contributed by atoms with E-state index in [2.05, 4.69) is 6.58 Å². The van der Waals surface area contributed by atoms with Gasteiger partial charge in [0.25, 0.3) is 0 Å². The number of rotatable bonds is 3. The highest BCUT2D eigenvalue weighted by Gasteiger charge is 2.19. The molecule has 0 aliphatic heterocycles. The van der Waals surface area contributed by atoms with E-state index < -0.39 is 15.3 Å². The molecule has 0 aromatic rings. The van der Waals surface area contributed by atoms with Gasteiger partial charge >= 0.3 is 0 Å². The van der Waals surface area contributed by atoms with E-state index in [0.717, 1.165) is 0 Å². The van der Waals surface area contributed by atoms with Crippen molar-refractivity contribution in [3.05, 3.63) is 12.7 Å². The Hall–Kier alpha value is -0.350. The minimum absolute atomic E-state index is 0.0880. The second-order valence-corrected chi connectivity index (χ2v) is 4.31. The molecule has 0 rings (SSSR count). The summed E-state index contributed by atoms with van der Waals surface area (Å²) in [5, 5.41) is 4.34. The van der Waals surface area contributed by atoms with Crippen LogP contribution in [0.15, 0.2) is 12.7 Å². The Kier molecular flexibility index (Phi) is 3.05. The van der Waals surface area contributed by atoms with Gasteiger partial charge in [0.15, 0.2) is 0 Å². The summed E-state index contributed by atoms with van der Waals surface area (Å²) in [5.41, 5.74) is 0. The molecule has 4 heteroatoms. The van der Waals surface area contributed by atoms with Gasteiger partial charge in [0.05, 0.1) is 5.25 Å². The average Bonchev–Trinajstić information content (AvgIpc) is 1.83. The predicted octanol–water partition coefficient (Wildman–Crippen LogP) is 0.486. The lowest BCUT2D eigenvalue weighted by Gasteiger charge is -2.12. The molecule has 0 bridgehead atoms. The van der Waals surface area contributed by atoms with Gasteiger partial charge in [-0.3, -0.25) is 0 Å². The van der Waals surface area contributed by atoms with E-state index in [9.17, 15) is 8.42 Å². The first kappa shape index (κ1) is 9.65. The van der Waals surface area contributed by atoms with Gasteiger partial charge in [-0.1, -0.05) is 13.0 Å². The van der Waals surface area contributed by atoms with Crippen molar-refractivity contribution in [1.82, 2.24) is 0 Å². The summed E-state index contributed by atoms with van der Waals surface area (Å²) in [5.74, 6) is -0.0880. The number of hydrogen-bond donors (Lipinski definition) is 1. The topological polar surface area (TPSA) is 60.2 Å². The Morgan fingerprint density at radius 1 is 1.50 bits per heavy atom.